The Balaban J connectivity index is 2.65. The van der Waals surface area contributed by atoms with Crippen LogP contribution in [0, 0.1) is 0 Å². The molecule has 108 valence electrons. The molecule has 1 heterocycles. The topological polar surface area (TPSA) is 126 Å². The fourth-order valence-electron chi connectivity index (χ4n) is 1.48. The van der Waals surface area contributed by atoms with Crippen LogP contribution in [0.1, 0.15) is 12.6 Å². The van der Waals surface area contributed by atoms with Gasteiger partial charge in [-0.05, 0) is 19.1 Å². The van der Waals surface area contributed by atoms with Gasteiger partial charge in [0, 0.05) is 6.54 Å². The van der Waals surface area contributed by atoms with Crippen molar-refractivity contribution in [2.45, 2.75) is 13.3 Å². The lowest BCUT2D eigenvalue weighted by molar-refractivity contribution is -0.136. The zero-order valence-corrected chi connectivity index (χ0v) is 11.0. The van der Waals surface area contributed by atoms with E-state index >= 15 is 0 Å². The average molecular weight is 280 g/mol. The van der Waals surface area contributed by atoms with Gasteiger partial charge in [0.2, 0.25) is 5.91 Å². The minimum atomic E-state index is -0.979. The second kappa shape index (κ2) is 7.07. The Labute approximate surface area is 115 Å². The molecule has 20 heavy (non-hydrogen) atoms. The molecule has 8 heteroatoms. The van der Waals surface area contributed by atoms with E-state index < -0.39 is 17.9 Å². The predicted molar refractivity (Wildman–Crippen MR) is 71.0 cm³/mol. The number of urea groups is 1. The van der Waals surface area contributed by atoms with Crippen molar-refractivity contribution >= 4 is 23.6 Å². The van der Waals surface area contributed by atoms with E-state index in [2.05, 4.69) is 10.3 Å². The van der Waals surface area contributed by atoms with Crippen LogP contribution in [-0.2, 0) is 16.0 Å². The van der Waals surface area contributed by atoms with Crippen molar-refractivity contribution < 1.29 is 19.5 Å². The van der Waals surface area contributed by atoms with Gasteiger partial charge in [0.05, 0.1) is 24.0 Å². The summed E-state index contributed by atoms with van der Waals surface area (Å²) in [6, 6.07) is 2.58. The smallest absolute Gasteiger partial charge is 0.322 e. The molecule has 0 aromatic carbocycles. The number of carboxylic acids is 1. The van der Waals surface area contributed by atoms with E-state index in [0.717, 1.165) is 0 Å². The standard InChI is InChI=1S/C12H16N4O4/c1-2-16(7-10(13)17)12(20)15-9-4-3-8(14-6-9)5-11(18)19/h3-4,6H,2,5,7H2,1H3,(H2,13,17)(H,15,20)(H,18,19). The van der Waals surface area contributed by atoms with Crippen molar-refractivity contribution in [1.82, 2.24) is 9.88 Å². The number of pyridine rings is 1. The molecule has 3 amide bonds. The molecule has 0 fully saturated rings. The first-order chi connectivity index (χ1) is 9.42. The van der Waals surface area contributed by atoms with Gasteiger partial charge in [0.1, 0.15) is 6.54 Å². The number of nitrogens with two attached hydrogens (primary N) is 1. The number of carbonyl (C=O) groups excluding carboxylic acids is 2. The van der Waals surface area contributed by atoms with Gasteiger partial charge in [-0.1, -0.05) is 0 Å². The molecule has 0 aliphatic rings. The van der Waals surface area contributed by atoms with Crippen molar-refractivity contribution in [3.63, 3.8) is 0 Å². The Morgan fingerprint density at radius 1 is 1.40 bits per heavy atom. The van der Waals surface area contributed by atoms with Gasteiger partial charge in [-0.25, -0.2) is 4.79 Å². The third-order valence-electron chi connectivity index (χ3n) is 2.42. The largest absolute Gasteiger partial charge is 0.481 e. The minimum absolute atomic E-state index is 0.174. The maximum atomic E-state index is 11.8. The van der Waals surface area contributed by atoms with Crippen LogP contribution < -0.4 is 11.1 Å². The molecule has 0 spiro atoms. The van der Waals surface area contributed by atoms with E-state index in [9.17, 15) is 14.4 Å². The quantitative estimate of drug-likeness (QED) is 0.678. The molecule has 0 radical (unpaired) electrons. The number of primary amides is 1. The normalized spacial score (nSPS) is 9.85. The molecule has 1 aromatic rings. The van der Waals surface area contributed by atoms with Crippen LogP contribution in [0.5, 0.6) is 0 Å². The van der Waals surface area contributed by atoms with Crippen molar-refractivity contribution in [3.05, 3.63) is 24.0 Å². The third-order valence-corrected chi connectivity index (χ3v) is 2.42. The summed E-state index contributed by atoms with van der Waals surface area (Å²) in [7, 11) is 0. The number of anilines is 1. The van der Waals surface area contributed by atoms with Crippen molar-refractivity contribution in [1.29, 1.82) is 0 Å². The minimum Gasteiger partial charge on any atom is -0.481 e. The number of hydrogen-bond acceptors (Lipinski definition) is 4. The second-order valence-corrected chi connectivity index (χ2v) is 4.02. The van der Waals surface area contributed by atoms with Crippen LogP contribution >= 0.6 is 0 Å². The van der Waals surface area contributed by atoms with Gasteiger partial charge in [0.15, 0.2) is 0 Å². The van der Waals surface area contributed by atoms with Gasteiger partial charge < -0.3 is 21.1 Å². The van der Waals surface area contributed by atoms with Crippen molar-refractivity contribution in [2.75, 3.05) is 18.4 Å². The Bertz CT molecular complexity index is 501. The van der Waals surface area contributed by atoms with Gasteiger partial charge in [0.25, 0.3) is 0 Å². The number of carbonyl (C=O) groups is 3. The van der Waals surface area contributed by atoms with Crippen LogP contribution in [0.3, 0.4) is 0 Å². The summed E-state index contributed by atoms with van der Waals surface area (Å²) in [5.74, 6) is -1.58. The molecule has 1 aromatic heterocycles. The highest BCUT2D eigenvalue weighted by Crippen LogP contribution is 2.08. The second-order valence-electron chi connectivity index (χ2n) is 4.02. The molecule has 0 saturated carbocycles. The summed E-state index contributed by atoms with van der Waals surface area (Å²) in [6.07, 6.45) is 1.17. The highest BCUT2D eigenvalue weighted by atomic mass is 16.4. The maximum absolute atomic E-state index is 11.8. The van der Waals surface area contributed by atoms with E-state index in [-0.39, 0.29) is 13.0 Å². The number of hydrogen-bond donors (Lipinski definition) is 3. The molecule has 1 rings (SSSR count). The first-order valence-electron chi connectivity index (χ1n) is 5.93. The van der Waals surface area contributed by atoms with E-state index in [1.165, 1.54) is 17.2 Å². The number of carboxylic acid groups (broad SMARTS) is 1. The molecule has 0 aliphatic heterocycles. The Morgan fingerprint density at radius 2 is 2.10 bits per heavy atom. The molecular formula is C12H16N4O4. The number of amides is 3. The number of aliphatic carboxylic acids is 1. The number of rotatable bonds is 6. The number of likely N-dealkylation sites (N-methyl/N-ethyl adjacent to an activating group) is 1. The lowest BCUT2D eigenvalue weighted by atomic mass is 10.2. The highest BCUT2D eigenvalue weighted by Gasteiger charge is 2.14. The van der Waals surface area contributed by atoms with E-state index in [0.29, 0.717) is 17.9 Å². The third kappa shape index (κ3) is 4.92. The zero-order valence-electron chi connectivity index (χ0n) is 11.0. The number of nitrogens with one attached hydrogen (secondary N) is 1. The average Bonchev–Trinajstić information content (AvgIpc) is 2.37. The van der Waals surface area contributed by atoms with E-state index in [1.807, 2.05) is 0 Å². The summed E-state index contributed by atoms with van der Waals surface area (Å²) in [5, 5.41) is 11.2. The first-order valence-corrected chi connectivity index (χ1v) is 5.93. The van der Waals surface area contributed by atoms with Gasteiger partial charge in [-0.3, -0.25) is 14.6 Å². The number of nitrogens with zero attached hydrogens (tertiary/aromatic N) is 2. The van der Waals surface area contributed by atoms with Gasteiger partial charge >= 0.3 is 12.0 Å². The Hall–Kier alpha value is -2.64. The van der Waals surface area contributed by atoms with E-state index in [1.54, 1.807) is 13.0 Å². The number of aromatic nitrogens is 1. The molecule has 0 aliphatic carbocycles. The molecular weight excluding hydrogens is 264 g/mol. The molecule has 0 atom stereocenters. The summed E-state index contributed by atoms with van der Waals surface area (Å²) < 4.78 is 0. The monoisotopic (exact) mass is 280 g/mol. The van der Waals surface area contributed by atoms with Gasteiger partial charge in [-0.15, -0.1) is 0 Å². The van der Waals surface area contributed by atoms with Crippen LogP contribution in [0.25, 0.3) is 0 Å². The van der Waals surface area contributed by atoms with Crippen LogP contribution in [-0.4, -0.2) is 46.0 Å². The molecule has 0 saturated heterocycles. The summed E-state index contributed by atoms with van der Waals surface area (Å²) in [5.41, 5.74) is 5.84. The van der Waals surface area contributed by atoms with Crippen LogP contribution in [0.15, 0.2) is 18.3 Å². The van der Waals surface area contributed by atoms with Crippen molar-refractivity contribution in [3.8, 4) is 0 Å². The van der Waals surface area contributed by atoms with Gasteiger partial charge in [-0.2, -0.15) is 0 Å². The van der Waals surface area contributed by atoms with Crippen LogP contribution in [0.4, 0.5) is 10.5 Å². The Morgan fingerprint density at radius 3 is 2.55 bits per heavy atom. The fourth-order valence-corrected chi connectivity index (χ4v) is 1.48. The molecule has 8 nitrogen and oxygen atoms in total. The summed E-state index contributed by atoms with van der Waals surface area (Å²) >= 11 is 0. The lowest BCUT2D eigenvalue weighted by Gasteiger charge is -2.19. The molecule has 0 unspecified atom stereocenters. The molecule has 4 N–H and O–H groups in total. The molecule has 0 bridgehead atoms. The Kier molecular flexibility index (Phi) is 5.45. The summed E-state index contributed by atoms with van der Waals surface area (Å²) in [6.45, 7) is 1.88. The maximum Gasteiger partial charge on any atom is 0.322 e. The van der Waals surface area contributed by atoms with Crippen LogP contribution in [0.2, 0.25) is 0 Å². The first kappa shape index (κ1) is 15.4. The zero-order chi connectivity index (χ0) is 15.1. The predicted octanol–water partition coefficient (Wildman–Crippen LogP) is 0.0478. The highest BCUT2D eigenvalue weighted by molar-refractivity contribution is 5.91. The lowest BCUT2D eigenvalue weighted by Crippen LogP contribution is -2.40. The SMILES string of the molecule is CCN(CC(N)=O)C(=O)Nc1ccc(CC(=O)O)nc1. The summed E-state index contributed by atoms with van der Waals surface area (Å²) in [4.78, 5) is 38.3. The van der Waals surface area contributed by atoms with E-state index in [4.69, 9.17) is 10.8 Å². The fraction of sp³-hybridized carbons (Fsp3) is 0.333. The van der Waals surface area contributed by atoms with Crippen molar-refractivity contribution in [2.24, 2.45) is 5.73 Å².